The fraction of sp³-hybridized carbons (Fsp3) is 0.308. The number of nitrogens with zero attached hydrogens (tertiary/aromatic N) is 1. The van der Waals surface area contributed by atoms with Gasteiger partial charge in [0.1, 0.15) is 5.01 Å². The van der Waals surface area contributed by atoms with Crippen LogP contribution >= 0.6 is 22.7 Å². The second kappa shape index (κ2) is 7.19. The first kappa shape index (κ1) is 15.5. The zero-order valence-electron chi connectivity index (χ0n) is 11.3. The quantitative estimate of drug-likeness (QED) is 0.761. The minimum absolute atomic E-state index is 0.00162. The number of carbonyl (C=O) groups is 2. The molecule has 2 aromatic rings. The highest BCUT2D eigenvalue weighted by Gasteiger charge is 2.15. The van der Waals surface area contributed by atoms with Crippen LogP contribution in [-0.2, 0) is 6.42 Å². The van der Waals surface area contributed by atoms with Crippen molar-refractivity contribution in [1.29, 1.82) is 0 Å². The molecule has 0 radical (unpaired) electrons. The molecule has 112 valence electrons. The largest absolute Gasteiger partial charge is 0.476 e. The number of amides is 2. The monoisotopic (exact) mass is 325 g/mol. The summed E-state index contributed by atoms with van der Waals surface area (Å²) >= 11 is 2.87. The van der Waals surface area contributed by atoms with Gasteiger partial charge in [-0.15, -0.1) is 22.7 Å². The Morgan fingerprint density at radius 2 is 2.24 bits per heavy atom. The van der Waals surface area contributed by atoms with E-state index < -0.39 is 5.97 Å². The van der Waals surface area contributed by atoms with Gasteiger partial charge in [-0.25, -0.2) is 14.6 Å². The van der Waals surface area contributed by atoms with Gasteiger partial charge in [0.25, 0.3) is 0 Å². The number of hydrogen-bond donors (Lipinski definition) is 3. The van der Waals surface area contributed by atoms with Gasteiger partial charge in [0.15, 0.2) is 5.69 Å². The maximum Gasteiger partial charge on any atom is 0.355 e. The van der Waals surface area contributed by atoms with E-state index in [0.717, 1.165) is 6.42 Å². The van der Waals surface area contributed by atoms with Crippen molar-refractivity contribution in [1.82, 2.24) is 15.6 Å². The molecular weight excluding hydrogens is 310 g/mol. The number of rotatable bonds is 6. The normalized spacial score (nSPS) is 11.9. The van der Waals surface area contributed by atoms with Gasteiger partial charge in [-0.3, -0.25) is 0 Å². The average molecular weight is 325 g/mol. The summed E-state index contributed by atoms with van der Waals surface area (Å²) in [6, 6.07) is 3.39. The number of hydrogen-bond acceptors (Lipinski definition) is 5. The van der Waals surface area contributed by atoms with Crippen molar-refractivity contribution in [3.8, 4) is 0 Å². The molecule has 6 nitrogen and oxygen atoms in total. The lowest BCUT2D eigenvalue weighted by molar-refractivity contribution is 0.0691. The zero-order chi connectivity index (χ0) is 15.2. The van der Waals surface area contributed by atoms with Crippen LogP contribution in [-0.4, -0.2) is 28.6 Å². The van der Waals surface area contributed by atoms with Crippen molar-refractivity contribution in [2.45, 2.75) is 19.4 Å². The Morgan fingerprint density at radius 1 is 1.43 bits per heavy atom. The van der Waals surface area contributed by atoms with Crippen LogP contribution in [0.1, 0.15) is 33.3 Å². The molecule has 1 atom stereocenters. The standard InChI is InChI=1S/C13H15N3O3S2/c1-8(11-16-10(7-21-11)12(17)18)15-13(19)14-5-4-9-3-2-6-20-9/h2-3,6-8H,4-5H2,1H3,(H,17,18)(H2,14,15,19). The second-order valence-electron chi connectivity index (χ2n) is 4.33. The van der Waals surface area contributed by atoms with E-state index in [9.17, 15) is 9.59 Å². The minimum atomic E-state index is -1.06. The molecule has 0 aliphatic rings. The highest BCUT2D eigenvalue weighted by molar-refractivity contribution is 7.10. The van der Waals surface area contributed by atoms with Crippen molar-refractivity contribution in [3.05, 3.63) is 38.5 Å². The van der Waals surface area contributed by atoms with E-state index in [-0.39, 0.29) is 17.8 Å². The lowest BCUT2D eigenvalue weighted by Crippen LogP contribution is -2.38. The number of aromatic nitrogens is 1. The van der Waals surface area contributed by atoms with Crippen LogP contribution in [0.2, 0.25) is 0 Å². The molecule has 0 fully saturated rings. The van der Waals surface area contributed by atoms with Crippen LogP contribution in [0.4, 0.5) is 4.79 Å². The Hall–Kier alpha value is -1.93. The van der Waals surface area contributed by atoms with Crippen LogP contribution in [0, 0.1) is 0 Å². The third-order valence-corrected chi connectivity index (χ3v) is 4.66. The van der Waals surface area contributed by atoms with Gasteiger partial charge in [-0.2, -0.15) is 0 Å². The predicted octanol–water partition coefficient (Wildman–Crippen LogP) is 2.51. The van der Waals surface area contributed by atoms with Gasteiger partial charge >= 0.3 is 12.0 Å². The van der Waals surface area contributed by atoms with Crippen LogP contribution < -0.4 is 10.6 Å². The molecule has 2 heterocycles. The van der Waals surface area contributed by atoms with Gasteiger partial charge in [0.05, 0.1) is 6.04 Å². The molecule has 0 spiro atoms. The van der Waals surface area contributed by atoms with Gasteiger partial charge in [-0.05, 0) is 24.8 Å². The fourth-order valence-corrected chi connectivity index (χ4v) is 3.16. The summed E-state index contributed by atoms with van der Waals surface area (Å²) in [4.78, 5) is 27.7. The molecule has 0 aliphatic heterocycles. The summed E-state index contributed by atoms with van der Waals surface area (Å²) < 4.78 is 0. The third-order valence-electron chi connectivity index (χ3n) is 2.70. The highest BCUT2D eigenvalue weighted by atomic mass is 32.1. The summed E-state index contributed by atoms with van der Waals surface area (Å²) in [5, 5.41) is 18.4. The molecule has 1 unspecified atom stereocenters. The lowest BCUT2D eigenvalue weighted by Gasteiger charge is -2.12. The smallest absolute Gasteiger partial charge is 0.355 e. The average Bonchev–Trinajstić information content (AvgIpc) is 3.09. The Morgan fingerprint density at radius 3 is 2.86 bits per heavy atom. The van der Waals surface area contributed by atoms with E-state index >= 15 is 0 Å². The van der Waals surface area contributed by atoms with Gasteiger partial charge in [-0.1, -0.05) is 6.07 Å². The predicted molar refractivity (Wildman–Crippen MR) is 82.0 cm³/mol. The number of aromatic carboxylic acids is 1. The molecular formula is C13H15N3O3S2. The Kier molecular flexibility index (Phi) is 5.29. The SMILES string of the molecule is CC(NC(=O)NCCc1cccs1)c1nc(C(=O)O)cs1. The Balaban J connectivity index is 1.77. The second-order valence-corrected chi connectivity index (χ2v) is 6.25. The lowest BCUT2D eigenvalue weighted by atomic mass is 10.3. The molecule has 0 saturated heterocycles. The van der Waals surface area contributed by atoms with Crippen LogP contribution in [0.5, 0.6) is 0 Å². The molecule has 0 saturated carbocycles. The third kappa shape index (κ3) is 4.54. The molecule has 2 aromatic heterocycles. The van der Waals surface area contributed by atoms with Crippen molar-refractivity contribution in [3.63, 3.8) is 0 Å². The molecule has 2 rings (SSSR count). The number of nitrogens with one attached hydrogen (secondary N) is 2. The molecule has 3 N–H and O–H groups in total. The molecule has 8 heteroatoms. The molecule has 0 bridgehead atoms. The molecule has 0 aliphatic carbocycles. The summed E-state index contributed by atoms with van der Waals surface area (Å²) in [6.45, 7) is 2.32. The first-order valence-corrected chi connectivity index (χ1v) is 8.07. The number of carboxylic acid groups (broad SMARTS) is 1. The number of urea groups is 1. The molecule has 0 aromatic carbocycles. The summed E-state index contributed by atoms with van der Waals surface area (Å²) in [5.74, 6) is -1.06. The first-order valence-electron chi connectivity index (χ1n) is 6.31. The van der Waals surface area contributed by atoms with E-state index in [1.165, 1.54) is 21.6 Å². The van der Waals surface area contributed by atoms with Gasteiger partial charge in [0, 0.05) is 16.8 Å². The number of carboxylic acids is 1. The van der Waals surface area contributed by atoms with E-state index in [4.69, 9.17) is 5.11 Å². The van der Waals surface area contributed by atoms with E-state index in [1.807, 2.05) is 17.5 Å². The van der Waals surface area contributed by atoms with Crippen molar-refractivity contribution >= 4 is 34.7 Å². The Labute approximate surface area is 129 Å². The van der Waals surface area contributed by atoms with Crippen molar-refractivity contribution in [2.75, 3.05) is 6.54 Å². The van der Waals surface area contributed by atoms with Crippen molar-refractivity contribution < 1.29 is 14.7 Å². The van der Waals surface area contributed by atoms with E-state index in [0.29, 0.717) is 11.6 Å². The highest BCUT2D eigenvalue weighted by Crippen LogP contribution is 2.17. The molecule has 2 amide bonds. The number of carbonyl (C=O) groups excluding carboxylic acids is 1. The van der Waals surface area contributed by atoms with E-state index in [1.54, 1.807) is 18.3 Å². The maximum atomic E-state index is 11.7. The fourth-order valence-electron chi connectivity index (χ4n) is 1.65. The number of thiazole rings is 1. The van der Waals surface area contributed by atoms with Gasteiger partial charge in [0.2, 0.25) is 0 Å². The summed E-state index contributed by atoms with van der Waals surface area (Å²) in [7, 11) is 0. The van der Waals surface area contributed by atoms with Crippen LogP contribution in [0.25, 0.3) is 0 Å². The van der Waals surface area contributed by atoms with Crippen LogP contribution in [0.3, 0.4) is 0 Å². The molecule has 21 heavy (non-hydrogen) atoms. The van der Waals surface area contributed by atoms with E-state index in [2.05, 4.69) is 15.6 Å². The first-order chi connectivity index (χ1) is 10.1. The van der Waals surface area contributed by atoms with Gasteiger partial charge < -0.3 is 15.7 Å². The topological polar surface area (TPSA) is 91.3 Å². The zero-order valence-corrected chi connectivity index (χ0v) is 13.0. The Bertz CT molecular complexity index is 610. The van der Waals surface area contributed by atoms with Crippen molar-refractivity contribution in [2.24, 2.45) is 0 Å². The summed E-state index contributed by atoms with van der Waals surface area (Å²) in [6.07, 6.45) is 0.792. The minimum Gasteiger partial charge on any atom is -0.476 e. The summed E-state index contributed by atoms with van der Waals surface area (Å²) in [5.41, 5.74) is 0.00162. The maximum absolute atomic E-state index is 11.7. The number of thiophene rings is 1. The van der Waals surface area contributed by atoms with Crippen LogP contribution in [0.15, 0.2) is 22.9 Å².